The van der Waals surface area contributed by atoms with Crippen molar-refractivity contribution < 1.29 is 23.1 Å². The molecule has 0 aliphatic carbocycles. The zero-order valence-electron chi connectivity index (χ0n) is 9.79. The van der Waals surface area contributed by atoms with E-state index >= 15 is 0 Å². The Morgan fingerprint density at radius 3 is 2.72 bits per heavy atom. The number of nitrogens with one attached hydrogen (secondary N) is 1. The van der Waals surface area contributed by atoms with Gasteiger partial charge in [0.25, 0.3) is 0 Å². The molecule has 1 amide bonds. The van der Waals surface area contributed by atoms with Gasteiger partial charge in [0.2, 0.25) is 5.91 Å². The number of halogens is 3. The number of carbonyl (C=O) groups excluding carboxylic acids is 1. The predicted molar refractivity (Wildman–Crippen MR) is 56.7 cm³/mol. The van der Waals surface area contributed by atoms with Crippen molar-refractivity contribution in [2.24, 2.45) is 0 Å². The lowest BCUT2D eigenvalue weighted by molar-refractivity contribution is -0.142. The van der Waals surface area contributed by atoms with Gasteiger partial charge in [-0.15, -0.1) is 0 Å². The van der Waals surface area contributed by atoms with Crippen LogP contribution in [0.15, 0.2) is 6.20 Å². The maximum atomic E-state index is 12.7. The molecular formula is C10H14F3N3O2. The molecule has 0 saturated heterocycles. The molecule has 0 radical (unpaired) electrons. The second kappa shape index (κ2) is 5.85. The Morgan fingerprint density at radius 2 is 2.22 bits per heavy atom. The molecule has 18 heavy (non-hydrogen) atoms. The zero-order valence-corrected chi connectivity index (χ0v) is 9.79. The third kappa shape index (κ3) is 3.73. The van der Waals surface area contributed by atoms with Gasteiger partial charge in [-0.25, -0.2) is 0 Å². The highest BCUT2D eigenvalue weighted by Crippen LogP contribution is 2.31. The number of hydrogen-bond acceptors (Lipinski definition) is 3. The van der Waals surface area contributed by atoms with Crippen molar-refractivity contribution in [3.8, 4) is 0 Å². The van der Waals surface area contributed by atoms with E-state index in [9.17, 15) is 18.0 Å². The maximum absolute atomic E-state index is 12.7. The van der Waals surface area contributed by atoms with Crippen LogP contribution in [0.4, 0.5) is 13.2 Å². The zero-order chi connectivity index (χ0) is 13.8. The summed E-state index contributed by atoms with van der Waals surface area (Å²) in [5.74, 6) is -0.431. The SMILES string of the molecule is CNC(=O)Cn1cc(CCCO)c(C(F)(F)F)n1. The van der Waals surface area contributed by atoms with Crippen LogP contribution in [-0.2, 0) is 23.9 Å². The number of aliphatic hydroxyl groups excluding tert-OH is 1. The van der Waals surface area contributed by atoms with E-state index in [1.165, 1.54) is 13.2 Å². The number of rotatable bonds is 5. The van der Waals surface area contributed by atoms with Crippen LogP contribution >= 0.6 is 0 Å². The summed E-state index contributed by atoms with van der Waals surface area (Å²) in [6, 6.07) is 0. The van der Waals surface area contributed by atoms with Gasteiger partial charge < -0.3 is 10.4 Å². The van der Waals surface area contributed by atoms with E-state index in [0.717, 1.165) is 4.68 Å². The van der Waals surface area contributed by atoms with Crippen LogP contribution in [0, 0.1) is 0 Å². The first-order valence-electron chi connectivity index (χ1n) is 5.33. The van der Waals surface area contributed by atoms with E-state index < -0.39 is 17.8 Å². The first-order chi connectivity index (χ1) is 8.38. The molecule has 0 unspecified atom stereocenters. The first kappa shape index (κ1) is 14.5. The van der Waals surface area contributed by atoms with Crippen LogP contribution in [0.3, 0.4) is 0 Å². The molecule has 1 heterocycles. The highest BCUT2D eigenvalue weighted by atomic mass is 19.4. The van der Waals surface area contributed by atoms with Crippen molar-refractivity contribution in [1.29, 1.82) is 0 Å². The fourth-order valence-corrected chi connectivity index (χ4v) is 1.46. The average Bonchev–Trinajstić information content (AvgIpc) is 2.69. The maximum Gasteiger partial charge on any atom is 0.435 e. The highest BCUT2D eigenvalue weighted by Gasteiger charge is 2.36. The van der Waals surface area contributed by atoms with Crippen LogP contribution in [0.25, 0.3) is 0 Å². The smallest absolute Gasteiger partial charge is 0.396 e. The first-order valence-corrected chi connectivity index (χ1v) is 5.33. The highest BCUT2D eigenvalue weighted by molar-refractivity contribution is 5.75. The number of aryl methyl sites for hydroxylation is 1. The van der Waals surface area contributed by atoms with Gasteiger partial charge in [-0.05, 0) is 12.8 Å². The van der Waals surface area contributed by atoms with Gasteiger partial charge in [0.15, 0.2) is 5.69 Å². The summed E-state index contributed by atoms with van der Waals surface area (Å²) in [5, 5.41) is 14.3. The Bertz CT molecular complexity index is 415. The molecule has 1 rings (SSSR count). The number of nitrogens with zero attached hydrogens (tertiary/aromatic N) is 2. The minimum absolute atomic E-state index is 0.0135. The summed E-state index contributed by atoms with van der Waals surface area (Å²) < 4.78 is 39.0. The Hall–Kier alpha value is -1.57. The molecule has 0 saturated carbocycles. The molecule has 1 aromatic heterocycles. The molecule has 2 N–H and O–H groups in total. The molecule has 1 aromatic rings. The van der Waals surface area contributed by atoms with Gasteiger partial charge in [0, 0.05) is 25.4 Å². The van der Waals surface area contributed by atoms with E-state index in [4.69, 9.17) is 5.11 Å². The summed E-state index contributed by atoms with van der Waals surface area (Å²) in [7, 11) is 1.39. The third-order valence-electron chi connectivity index (χ3n) is 2.29. The summed E-state index contributed by atoms with van der Waals surface area (Å²) in [4.78, 5) is 11.1. The standard InChI is InChI=1S/C10H14F3N3O2/c1-14-8(18)6-16-5-7(3-2-4-17)9(15-16)10(11,12)13/h5,17H,2-4,6H2,1H3,(H,14,18). The number of aromatic nitrogens is 2. The molecule has 0 bridgehead atoms. The quantitative estimate of drug-likeness (QED) is 0.818. The lowest BCUT2D eigenvalue weighted by Crippen LogP contribution is -2.24. The molecule has 0 fully saturated rings. The van der Waals surface area contributed by atoms with Gasteiger partial charge in [-0.1, -0.05) is 0 Å². The van der Waals surface area contributed by atoms with Gasteiger partial charge >= 0.3 is 6.18 Å². The Balaban J connectivity index is 2.96. The summed E-state index contributed by atoms with van der Waals surface area (Å²) in [5.41, 5.74) is -1.01. The number of hydrogen-bond donors (Lipinski definition) is 2. The van der Waals surface area contributed by atoms with Crippen molar-refractivity contribution in [3.63, 3.8) is 0 Å². The number of likely N-dealkylation sites (N-methyl/N-ethyl adjacent to an activating group) is 1. The fraction of sp³-hybridized carbons (Fsp3) is 0.600. The van der Waals surface area contributed by atoms with E-state index in [-0.39, 0.29) is 31.6 Å². The molecule has 0 aliphatic heterocycles. The fourth-order valence-electron chi connectivity index (χ4n) is 1.46. The summed E-state index contributed by atoms with van der Waals surface area (Å²) in [6.45, 7) is -0.462. The van der Waals surface area contributed by atoms with Crippen molar-refractivity contribution >= 4 is 5.91 Å². The molecule has 0 atom stereocenters. The van der Waals surface area contributed by atoms with Crippen molar-refractivity contribution in [2.45, 2.75) is 25.6 Å². The Labute approximate surface area is 102 Å². The largest absolute Gasteiger partial charge is 0.435 e. The van der Waals surface area contributed by atoms with Crippen LogP contribution in [-0.4, -0.2) is 34.4 Å². The van der Waals surface area contributed by atoms with Gasteiger partial charge in [0.1, 0.15) is 6.54 Å². The monoisotopic (exact) mass is 265 g/mol. The lowest BCUT2D eigenvalue weighted by Gasteiger charge is -2.04. The Morgan fingerprint density at radius 1 is 1.56 bits per heavy atom. The van der Waals surface area contributed by atoms with E-state index in [2.05, 4.69) is 10.4 Å². The average molecular weight is 265 g/mol. The molecule has 0 aliphatic rings. The topological polar surface area (TPSA) is 67.2 Å². The minimum atomic E-state index is -4.56. The van der Waals surface area contributed by atoms with Crippen LogP contribution in [0.5, 0.6) is 0 Å². The van der Waals surface area contributed by atoms with E-state index in [1.807, 2.05) is 0 Å². The number of alkyl halides is 3. The molecule has 102 valence electrons. The molecule has 5 nitrogen and oxygen atoms in total. The third-order valence-corrected chi connectivity index (χ3v) is 2.29. The Kier molecular flexibility index (Phi) is 4.71. The second-order valence-electron chi connectivity index (χ2n) is 3.70. The van der Waals surface area contributed by atoms with E-state index in [0.29, 0.717) is 0 Å². The summed E-state index contributed by atoms with van der Waals surface area (Å²) in [6.07, 6.45) is -3.08. The number of carbonyl (C=O) groups is 1. The van der Waals surface area contributed by atoms with Crippen LogP contribution < -0.4 is 5.32 Å². The van der Waals surface area contributed by atoms with Gasteiger partial charge in [0.05, 0.1) is 0 Å². The van der Waals surface area contributed by atoms with Crippen LogP contribution in [0.1, 0.15) is 17.7 Å². The van der Waals surface area contributed by atoms with Crippen molar-refractivity contribution in [2.75, 3.05) is 13.7 Å². The number of amides is 1. The normalized spacial score (nSPS) is 11.6. The van der Waals surface area contributed by atoms with Gasteiger partial charge in [-0.3, -0.25) is 9.48 Å². The molecular weight excluding hydrogens is 251 g/mol. The summed E-state index contributed by atoms with van der Waals surface area (Å²) >= 11 is 0. The van der Waals surface area contributed by atoms with Crippen molar-refractivity contribution in [1.82, 2.24) is 15.1 Å². The molecule has 8 heteroatoms. The van der Waals surface area contributed by atoms with Gasteiger partial charge in [-0.2, -0.15) is 18.3 Å². The molecule has 0 spiro atoms. The van der Waals surface area contributed by atoms with Crippen LogP contribution in [0.2, 0.25) is 0 Å². The van der Waals surface area contributed by atoms with E-state index in [1.54, 1.807) is 0 Å². The minimum Gasteiger partial charge on any atom is -0.396 e. The predicted octanol–water partition coefficient (Wildman–Crippen LogP) is 0.573. The number of aliphatic hydroxyl groups is 1. The second-order valence-corrected chi connectivity index (χ2v) is 3.70. The van der Waals surface area contributed by atoms with Crippen molar-refractivity contribution in [3.05, 3.63) is 17.5 Å². The lowest BCUT2D eigenvalue weighted by atomic mass is 10.1. The molecule has 0 aromatic carbocycles.